The van der Waals surface area contributed by atoms with Crippen LogP contribution in [0.15, 0.2) is 24.3 Å². The van der Waals surface area contributed by atoms with Crippen LogP contribution in [0.2, 0.25) is 0 Å². The summed E-state index contributed by atoms with van der Waals surface area (Å²) in [5.41, 5.74) is 3.01. The number of hydrogen-bond acceptors (Lipinski definition) is 1. The molecule has 1 heteroatoms. The Balaban J connectivity index is 2.06. The second-order valence-electron chi connectivity index (χ2n) is 4.38. The third-order valence-corrected chi connectivity index (χ3v) is 3.13. The number of ether oxygens (including phenoxy) is 1. The fourth-order valence-corrected chi connectivity index (χ4v) is 1.99. The summed E-state index contributed by atoms with van der Waals surface area (Å²) < 4.78 is 5.50. The van der Waals surface area contributed by atoms with Crippen molar-refractivity contribution >= 4 is 0 Å². The van der Waals surface area contributed by atoms with Crippen molar-refractivity contribution in [1.29, 1.82) is 0 Å². The van der Waals surface area contributed by atoms with Gasteiger partial charge in [-0.1, -0.05) is 24.3 Å². The van der Waals surface area contributed by atoms with Crippen LogP contribution in [0.25, 0.3) is 0 Å². The monoisotopic (exact) mass is 174 g/mol. The summed E-state index contributed by atoms with van der Waals surface area (Å²) in [5.74, 6) is 0.831. The van der Waals surface area contributed by atoms with Crippen LogP contribution in [0.5, 0.6) is 0 Å². The molecule has 1 nitrogen and oxygen atoms in total. The molecular formula is C12H14O. The molecule has 2 fully saturated rings. The quantitative estimate of drug-likeness (QED) is 0.628. The molecule has 0 spiro atoms. The van der Waals surface area contributed by atoms with E-state index in [1.807, 2.05) is 0 Å². The van der Waals surface area contributed by atoms with Gasteiger partial charge in [0.15, 0.2) is 0 Å². The lowest BCUT2D eigenvalue weighted by atomic mass is 9.94. The lowest BCUT2D eigenvalue weighted by Crippen LogP contribution is -2.05. The Kier molecular flexibility index (Phi) is 1.37. The van der Waals surface area contributed by atoms with Gasteiger partial charge in [-0.2, -0.15) is 0 Å². The summed E-state index contributed by atoms with van der Waals surface area (Å²) in [6.45, 7) is 3.09. The average Bonchev–Trinajstić information content (AvgIpc) is 2.98. The van der Waals surface area contributed by atoms with E-state index in [9.17, 15) is 0 Å². The van der Waals surface area contributed by atoms with E-state index >= 15 is 0 Å². The molecule has 1 aliphatic heterocycles. The first-order valence-electron chi connectivity index (χ1n) is 5.03. The maximum absolute atomic E-state index is 5.50. The molecule has 1 saturated heterocycles. The van der Waals surface area contributed by atoms with Gasteiger partial charge in [-0.25, -0.2) is 0 Å². The van der Waals surface area contributed by atoms with E-state index in [0.29, 0.717) is 0 Å². The fraction of sp³-hybridized carbons (Fsp3) is 0.500. The van der Waals surface area contributed by atoms with E-state index in [-0.39, 0.29) is 5.60 Å². The smallest absolute Gasteiger partial charge is 0.114 e. The molecule has 1 aromatic rings. The molecule has 1 atom stereocenters. The predicted octanol–water partition coefficient (Wildman–Crippen LogP) is 2.81. The van der Waals surface area contributed by atoms with Gasteiger partial charge in [-0.05, 0) is 36.8 Å². The van der Waals surface area contributed by atoms with Gasteiger partial charge in [0.25, 0.3) is 0 Å². The summed E-state index contributed by atoms with van der Waals surface area (Å²) in [6.07, 6.45) is 2.74. The highest BCUT2D eigenvalue weighted by molar-refractivity contribution is 5.39. The molecule has 1 heterocycles. The third kappa shape index (κ3) is 1.19. The summed E-state index contributed by atoms with van der Waals surface area (Å²) in [4.78, 5) is 0. The Bertz CT molecular complexity index is 335. The van der Waals surface area contributed by atoms with Crippen molar-refractivity contribution in [2.75, 3.05) is 6.61 Å². The van der Waals surface area contributed by atoms with E-state index < -0.39 is 0 Å². The second-order valence-corrected chi connectivity index (χ2v) is 4.38. The van der Waals surface area contributed by atoms with Crippen molar-refractivity contribution in [2.24, 2.45) is 0 Å². The molecule has 1 unspecified atom stereocenters. The zero-order chi connectivity index (χ0) is 8.89. The minimum atomic E-state index is 0.0547. The van der Waals surface area contributed by atoms with E-state index in [4.69, 9.17) is 4.74 Å². The molecule has 13 heavy (non-hydrogen) atoms. The zero-order valence-corrected chi connectivity index (χ0v) is 7.92. The van der Waals surface area contributed by atoms with Gasteiger partial charge in [0.05, 0.1) is 6.61 Å². The summed E-state index contributed by atoms with van der Waals surface area (Å²) in [7, 11) is 0. The van der Waals surface area contributed by atoms with Gasteiger partial charge in [-0.3, -0.25) is 0 Å². The normalized spacial score (nSPS) is 31.8. The molecule has 2 aliphatic rings. The molecule has 68 valence electrons. The predicted molar refractivity (Wildman–Crippen MR) is 51.7 cm³/mol. The minimum Gasteiger partial charge on any atom is -0.365 e. The number of benzene rings is 1. The molecule has 1 saturated carbocycles. The summed E-state index contributed by atoms with van der Waals surface area (Å²) >= 11 is 0. The fourth-order valence-electron chi connectivity index (χ4n) is 1.99. The van der Waals surface area contributed by atoms with Crippen LogP contribution in [0.4, 0.5) is 0 Å². The number of rotatable bonds is 2. The highest BCUT2D eigenvalue weighted by Gasteiger charge is 2.44. The Morgan fingerprint density at radius 2 is 2.00 bits per heavy atom. The third-order valence-electron chi connectivity index (χ3n) is 3.13. The molecular weight excluding hydrogens is 160 g/mol. The van der Waals surface area contributed by atoms with Crippen molar-refractivity contribution in [1.82, 2.24) is 0 Å². The standard InChI is InChI=1S/C12H14O/c1-12(8-13-12)11-5-3-2-4-10(11)9-6-7-9/h2-5,9H,6-8H2,1H3. The minimum absolute atomic E-state index is 0.0547. The first-order chi connectivity index (χ1) is 6.30. The SMILES string of the molecule is CC1(c2ccccc2C2CC2)CO1. The topological polar surface area (TPSA) is 12.5 Å². The van der Waals surface area contributed by atoms with Crippen LogP contribution >= 0.6 is 0 Å². The van der Waals surface area contributed by atoms with E-state index in [0.717, 1.165) is 12.5 Å². The van der Waals surface area contributed by atoms with E-state index in [1.165, 1.54) is 24.0 Å². The molecule has 1 aliphatic carbocycles. The van der Waals surface area contributed by atoms with Gasteiger partial charge in [-0.15, -0.1) is 0 Å². The van der Waals surface area contributed by atoms with Crippen molar-refractivity contribution in [3.05, 3.63) is 35.4 Å². The molecule has 1 aromatic carbocycles. The van der Waals surface area contributed by atoms with Crippen LogP contribution in [-0.2, 0) is 10.3 Å². The van der Waals surface area contributed by atoms with Gasteiger partial charge in [0.2, 0.25) is 0 Å². The Morgan fingerprint density at radius 1 is 1.31 bits per heavy atom. The van der Waals surface area contributed by atoms with Gasteiger partial charge in [0, 0.05) is 0 Å². The van der Waals surface area contributed by atoms with Crippen molar-refractivity contribution in [2.45, 2.75) is 31.3 Å². The van der Waals surface area contributed by atoms with Crippen LogP contribution in [0, 0.1) is 0 Å². The van der Waals surface area contributed by atoms with E-state index in [2.05, 4.69) is 31.2 Å². The van der Waals surface area contributed by atoms with Crippen molar-refractivity contribution < 1.29 is 4.74 Å². The average molecular weight is 174 g/mol. The zero-order valence-electron chi connectivity index (χ0n) is 7.92. The first kappa shape index (κ1) is 7.57. The van der Waals surface area contributed by atoms with Gasteiger partial charge < -0.3 is 4.74 Å². The van der Waals surface area contributed by atoms with Gasteiger partial charge in [0.1, 0.15) is 5.60 Å². The number of hydrogen-bond donors (Lipinski definition) is 0. The Hall–Kier alpha value is -0.820. The van der Waals surface area contributed by atoms with Crippen molar-refractivity contribution in [3.8, 4) is 0 Å². The maximum atomic E-state index is 5.50. The lowest BCUT2D eigenvalue weighted by molar-refractivity contribution is 0.328. The lowest BCUT2D eigenvalue weighted by Gasteiger charge is -2.11. The molecule has 0 amide bonds. The van der Waals surface area contributed by atoms with Crippen LogP contribution in [0.1, 0.15) is 36.8 Å². The number of epoxide rings is 1. The first-order valence-corrected chi connectivity index (χ1v) is 5.03. The van der Waals surface area contributed by atoms with Gasteiger partial charge >= 0.3 is 0 Å². The van der Waals surface area contributed by atoms with Crippen LogP contribution in [-0.4, -0.2) is 6.61 Å². The Labute approximate surface area is 78.7 Å². The highest BCUT2D eigenvalue weighted by Crippen LogP contribution is 2.48. The summed E-state index contributed by atoms with van der Waals surface area (Å²) in [6, 6.07) is 8.75. The maximum Gasteiger partial charge on any atom is 0.114 e. The Morgan fingerprint density at radius 3 is 2.62 bits per heavy atom. The van der Waals surface area contributed by atoms with Crippen molar-refractivity contribution in [3.63, 3.8) is 0 Å². The van der Waals surface area contributed by atoms with E-state index in [1.54, 1.807) is 0 Å². The molecule has 0 bridgehead atoms. The van der Waals surface area contributed by atoms with Crippen LogP contribution in [0.3, 0.4) is 0 Å². The highest BCUT2D eigenvalue weighted by atomic mass is 16.6. The summed E-state index contributed by atoms with van der Waals surface area (Å²) in [5, 5.41) is 0. The largest absolute Gasteiger partial charge is 0.365 e. The second kappa shape index (κ2) is 2.36. The molecule has 0 aromatic heterocycles. The molecule has 3 rings (SSSR count). The molecule has 0 N–H and O–H groups in total. The molecule has 0 radical (unpaired) electrons. The van der Waals surface area contributed by atoms with Crippen LogP contribution < -0.4 is 0 Å².